The van der Waals surface area contributed by atoms with Crippen LogP contribution in [0.2, 0.25) is 0 Å². The lowest BCUT2D eigenvalue weighted by Crippen LogP contribution is -2.54. The van der Waals surface area contributed by atoms with Crippen LogP contribution in [0.5, 0.6) is 0 Å². The molecule has 1 heterocycles. The van der Waals surface area contributed by atoms with Gasteiger partial charge in [0.1, 0.15) is 0 Å². The van der Waals surface area contributed by atoms with Gasteiger partial charge in [0.15, 0.2) is 5.78 Å². The van der Waals surface area contributed by atoms with Crippen molar-refractivity contribution in [3.8, 4) is 0 Å². The monoisotopic (exact) mass is 462 g/mol. The molecule has 1 amide bonds. The van der Waals surface area contributed by atoms with Gasteiger partial charge in [-0.25, -0.2) is 0 Å². The number of allylic oxidation sites excluding steroid dienone is 6. The van der Waals surface area contributed by atoms with E-state index in [2.05, 4.69) is 27.9 Å². The zero-order chi connectivity index (χ0) is 18.7. The van der Waals surface area contributed by atoms with Crippen LogP contribution in [-0.4, -0.2) is 48.0 Å². The topological polar surface area (TPSA) is 66.5 Å². The molecule has 1 N–H and O–H groups in total. The van der Waals surface area contributed by atoms with E-state index in [-0.39, 0.29) is 11.8 Å². The molecule has 6 heteroatoms. The Balaban J connectivity index is 0.000000201. The number of hydrogen-bond donors (Lipinski definition) is 1. The first-order valence-corrected chi connectivity index (χ1v) is 9.51. The van der Waals surface area contributed by atoms with Crippen LogP contribution in [0.15, 0.2) is 59.7 Å². The quantitative estimate of drug-likeness (QED) is 0.416. The maximum Gasteiger partial charge on any atom is 0.295 e. The highest BCUT2D eigenvalue weighted by Gasteiger charge is 2.28. The number of amides is 1. The molecule has 1 unspecified atom stereocenters. The van der Waals surface area contributed by atoms with Gasteiger partial charge in [0.2, 0.25) is 5.78 Å². The van der Waals surface area contributed by atoms with Gasteiger partial charge >= 0.3 is 0 Å². The van der Waals surface area contributed by atoms with E-state index in [1.807, 2.05) is 43.4 Å². The summed E-state index contributed by atoms with van der Waals surface area (Å²) in [5.41, 5.74) is 2.13. The van der Waals surface area contributed by atoms with Crippen molar-refractivity contribution in [1.82, 2.24) is 10.2 Å². The summed E-state index contributed by atoms with van der Waals surface area (Å²) in [6.07, 6.45) is 7.38. The number of carbonyl (C=O) groups is 3. The second-order valence-corrected chi connectivity index (χ2v) is 7.54. The number of hydrogen-bond acceptors (Lipinski definition) is 4. The van der Waals surface area contributed by atoms with Gasteiger partial charge in [-0.1, -0.05) is 24.3 Å². The molecule has 134 valence electrons. The maximum atomic E-state index is 12.1. The molecule has 1 fully saturated rings. The standard InChI is InChI=1S/C13H15IN2O2.C7H4O/c1-9-8-15-6-7-16(9)13(18)12(17)10-2-4-11(14)5-3-10;8-7-5-1-2-6(7)4-3-5/h2-5,9,15H,6-8H2,1H3;1-4H. The zero-order valence-corrected chi connectivity index (χ0v) is 16.5. The van der Waals surface area contributed by atoms with E-state index in [1.165, 1.54) is 0 Å². The van der Waals surface area contributed by atoms with Crippen LogP contribution >= 0.6 is 22.6 Å². The molecule has 4 rings (SSSR count). The van der Waals surface area contributed by atoms with Crippen LogP contribution in [0.25, 0.3) is 0 Å². The second-order valence-electron chi connectivity index (χ2n) is 6.29. The largest absolute Gasteiger partial charge is 0.331 e. The molecule has 3 aliphatic rings. The van der Waals surface area contributed by atoms with Gasteiger partial charge in [0.25, 0.3) is 5.91 Å². The van der Waals surface area contributed by atoms with E-state index in [0.717, 1.165) is 27.8 Å². The fraction of sp³-hybridized carbons (Fsp3) is 0.250. The highest BCUT2D eigenvalue weighted by Crippen LogP contribution is 2.23. The molecule has 1 aliphatic heterocycles. The van der Waals surface area contributed by atoms with Gasteiger partial charge in [0, 0.05) is 46.0 Å². The minimum absolute atomic E-state index is 0.0686. The fourth-order valence-electron chi connectivity index (χ4n) is 2.94. The van der Waals surface area contributed by atoms with E-state index in [4.69, 9.17) is 0 Å². The van der Waals surface area contributed by atoms with Crippen LogP contribution in [-0.2, 0) is 9.59 Å². The summed E-state index contributed by atoms with van der Waals surface area (Å²) in [4.78, 5) is 36.6. The van der Waals surface area contributed by atoms with Gasteiger partial charge < -0.3 is 10.2 Å². The van der Waals surface area contributed by atoms with E-state index < -0.39 is 11.7 Å². The molecule has 0 saturated carbocycles. The first-order valence-electron chi connectivity index (χ1n) is 8.43. The third-order valence-corrected chi connectivity index (χ3v) is 5.19. The molecular weight excluding hydrogens is 443 g/mol. The number of fused-ring (bicyclic) bond motifs is 2. The minimum atomic E-state index is -0.417. The smallest absolute Gasteiger partial charge is 0.295 e. The minimum Gasteiger partial charge on any atom is -0.331 e. The number of piperazine rings is 1. The number of ketones is 2. The number of rotatable bonds is 2. The number of carbonyl (C=O) groups excluding carboxylic acids is 3. The van der Waals surface area contributed by atoms with E-state index in [9.17, 15) is 14.4 Å². The normalized spacial score (nSPS) is 20.3. The number of Topliss-reactive ketones (excluding diaryl/α,β-unsaturated/α-hetero) is 2. The predicted octanol–water partition coefficient (Wildman–Crippen LogP) is 2.29. The number of halogens is 1. The Labute approximate surface area is 166 Å². The summed E-state index contributed by atoms with van der Waals surface area (Å²) < 4.78 is 1.05. The molecule has 2 aliphatic carbocycles. The summed E-state index contributed by atoms with van der Waals surface area (Å²) in [6, 6.07) is 7.15. The molecule has 1 saturated heterocycles. The Kier molecular flexibility index (Phi) is 5.83. The highest BCUT2D eigenvalue weighted by molar-refractivity contribution is 14.1. The average Bonchev–Trinajstić information content (AvgIpc) is 3.19. The lowest BCUT2D eigenvalue weighted by atomic mass is 10.1. The summed E-state index contributed by atoms with van der Waals surface area (Å²) in [5, 5.41) is 3.20. The molecule has 0 spiro atoms. The number of nitrogens with zero attached hydrogens (tertiary/aromatic N) is 1. The van der Waals surface area contributed by atoms with Crippen molar-refractivity contribution in [3.05, 3.63) is 68.8 Å². The van der Waals surface area contributed by atoms with E-state index >= 15 is 0 Å². The van der Waals surface area contributed by atoms with Gasteiger partial charge in [-0.3, -0.25) is 14.4 Å². The average molecular weight is 462 g/mol. The number of benzene rings is 1. The summed E-state index contributed by atoms with van der Waals surface area (Å²) in [7, 11) is 0. The third-order valence-electron chi connectivity index (χ3n) is 4.47. The molecule has 1 aromatic carbocycles. The summed E-state index contributed by atoms with van der Waals surface area (Å²) in [6.45, 7) is 4.03. The first kappa shape index (κ1) is 18.7. The van der Waals surface area contributed by atoms with Crippen LogP contribution in [0.4, 0.5) is 0 Å². The van der Waals surface area contributed by atoms with Crippen LogP contribution in [0.1, 0.15) is 17.3 Å². The second kappa shape index (κ2) is 8.09. The van der Waals surface area contributed by atoms with Crippen molar-refractivity contribution in [2.24, 2.45) is 0 Å². The summed E-state index contributed by atoms with van der Waals surface area (Å²) in [5.74, 6) is -0.629. The number of nitrogens with one attached hydrogen (secondary N) is 1. The predicted molar refractivity (Wildman–Crippen MR) is 108 cm³/mol. The van der Waals surface area contributed by atoms with Crippen molar-refractivity contribution in [2.75, 3.05) is 19.6 Å². The van der Waals surface area contributed by atoms with Gasteiger partial charge in [-0.15, -0.1) is 0 Å². The van der Waals surface area contributed by atoms with Gasteiger partial charge in [-0.05, 0) is 53.8 Å². The van der Waals surface area contributed by atoms with Crippen molar-refractivity contribution in [3.63, 3.8) is 0 Å². The Bertz CT molecular complexity index is 813. The summed E-state index contributed by atoms with van der Waals surface area (Å²) >= 11 is 2.17. The molecule has 1 aromatic rings. The Morgan fingerprint density at radius 1 is 1.12 bits per heavy atom. The fourth-order valence-corrected chi connectivity index (χ4v) is 3.30. The van der Waals surface area contributed by atoms with Gasteiger partial charge in [-0.2, -0.15) is 0 Å². The lowest BCUT2D eigenvalue weighted by Gasteiger charge is -2.33. The van der Waals surface area contributed by atoms with Crippen molar-refractivity contribution >= 4 is 40.1 Å². The molecule has 0 radical (unpaired) electrons. The highest BCUT2D eigenvalue weighted by atomic mass is 127. The Morgan fingerprint density at radius 3 is 2.19 bits per heavy atom. The molecule has 2 bridgehead atoms. The van der Waals surface area contributed by atoms with Crippen LogP contribution in [0, 0.1) is 3.57 Å². The first-order chi connectivity index (χ1) is 12.5. The van der Waals surface area contributed by atoms with E-state index in [1.54, 1.807) is 17.0 Å². The van der Waals surface area contributed by atoms with E-state index in [0.29, 0.717) is 12.1 Å². The van der Waals surface area contributed by atoms with Crippen molar-refractivity contribution in [2.45, 2.75) is 13.0 Å². The molecule has 0 aromatic heterocycles. The van der Waals surface area contributed by atoms with Crippen LogP contribution < -0.4 is 5.32 Å². The SMILES string of the molecule is CC1CNCCN1C(=O)C(=O)c1ccc(I)cc1.O=C1C2=CC=C1C=C2. The molecule has 5 nitrogen and oxygen atoms in total. The third kappa shape index (κ3) is 4.02. The Morgan fingerprint density at radius 2 is 1.73 bits per heavy atom. The molecule has 1 atom stereocenters. The molecule has 26 heavy (non-hydrogen) atoms. The van der Waals surface area contributed by atoms with Crippen molar-refractivity contribution < 1.29 is 14.4 Å². The van der Waals surface area contributed by atoms with Crippen LogP contribution in [0.3, 0.4) is 0 Å². The maximum absolute atomic E-state index is 12.1. The Hall–Kier alpha value is -2.06. The van der Waals surface area contributed by atoms with Crippen molar-refractivity contribution in [1.29, 1.82) is 0 Å². The molecular formula is C20H19IN2O3. The zero-order valence-electron chi connectivity index (χ0n) is 14.4. The van der Waals surface area contributed by atoms with Gasteiger partial charge in [0.05, 0.1) is 0 Å². The lowest BCUT2D eigenvalue weighted by molar-refractivity contribution is -0.129.